The molecule has 0 amide bonds. The van der Waals surface area contributed by atoms with Gasteiger partial charge < -0.3 is 5.32 Å². The SMILES string of the molecule is CSc1ccc(C(C)Nc2c(Cl)cc(Cl)cc2Cl)cc1. The number of rotatable bonds is 4. The van der Waals surface area contributed by atoms with E-state index >= 15 is 0 Å². The van der Waals surface area contributed by atoms with Crippen LogP contribution in [0.4, 0.5) is 5.69 Å². The molecule has 0 aliphatic heterocycles. The van der Waals surface area contributed by atoms with Crippen molar-refractivity contribution in [3.63, 3.8) is 0 Å². The molecule has 0 saturated heterocycles. The molecule has 0 aliphatic carbocycles. The first-order chi connectivity index (χ1) is 9.51. The van der Waals surface area contributed by atoms with Gasteiger partial charge in [0, 0.05) is 16.0 Å². The van der Waals surface area contributed by atoms with Crippen molar-refractivity contribution in [1.82, 2.24) is 0 Å². The molecule has 0 heterocycles. The summed E-state index contributed by atoms with van der Waals surface area (Å²) in [5.41, 5.74) is 1.88. The Morgan fingerprint density at radius 3 is 2.05 bits per heavy atom. The van der Waals surface area contributed by atoms with Gasteiger partial charge in [-0.15, -0.1) is 11.8 Å². The largest absolute Gasteiger partial charge is 0.376 e. The molecular formula is C15H14Cl3NS. The molecule has 2 aromatic rings. The number of hydrogen-bond donors (Lipinski definition) is 1. The van der Waals surface area contributed by atoms with Gasteiger partial charge in [-0.05, 0) is 43.0 Å². The van der Waals surface area contributed by atoms with E-state index in [4.69, 9.17) is 34.8 Å². The van der Waals surface area contributed by atoms with Crippen molar-refractivity contribution in [3.8, 4) is 0 Å². The third-order valence-electron chi connectivity index (χ3n) is 2.98. The Bertz CT molecular complexity index is 576. The van der Waals surface area contributed by atoms with Gasteiger partial charge >= 0.3 is 0 Å². The van der Waals surface area contributed by atoms with Gasteiger partial charge in [0.25, 0.3) is 0 Å². The minimum atomic E-state index is 0.0991. The van der Waals surface area contributed by atoms with Crippen molar-refractivity contribution < 1.29 is 0 Å². The summed E-state index contributed by atoms with van der Waals surface area (Å²) >= 11 is 20.0. The Labute approximate surface area is 138 Å². The maximum absolute atomic E-state index is 6.18. The molecule has 0 bridgehead atoms. The van der Waals surface area contributed by atoms with Crippen LogP contribution in [-0.4, -0.2) is 6.26 Å². The summed E-state index contributed by atoms with van der Waals surface area (Å²) in [7, 11) is 0. The summed E-state index contributed by atoms with van der Waals surface area (Å²) in [4.78, 5) is 1.24. The number of halogens is 3. The standard InChI is InChI=1S/C15H14Cl3NS/c1-9(10-3-5-12(20-2)6-4-10)19-15-13(17)7-11(16)8-14(15)18/h3-9,19H,1-2H3. The van der Waals surface area contributed by atoms with Crippen LogP contribution >= 0.6 is 46.6 Å². The van der Waals surface area contributed by atoms with E-state index in [-0.39, 0.29) is 6.04 Å². The molecule has 1 unspecified atom stereocenters. The molecule has 0 spiro atoms. The Morgan fingerprint density at radius 1 is 1.00 bits per heavy atom. The average molecular weight is 347 g/mol. The highest BCUT2D eigenvalue weighted by Crippen LogP contribution is 2.36. The first kappa shape index (κ1) is 15.8. The van der Waals surface area contributed by atoms with Gasteiger partial charge in [0.05, 0.1) is 15.7 Å². The molecule has 106 valence electrons. The van der Waals surface area contributed by atoms with Crippen LogP contribution in [0.2, 0.25) is 15.1 Å². The Hall–Kier alpha value is -0.540. The number of nitrogens with one attached hydrogen (secondary N) is 1. The second-order valence-electron chi connectivity index (χ2n) is 4.38. The summed E-state index contributed by atoms with van der Waals surface area (Å²) in [6.45, 7) is 2.06. The molecule has 0 fully saturated rings. The van der Waals surface area contributed by atoms with Gasteiger partial charge in [-0.3, -0.25) is 0 Å². The molecule has 20 heavy (non-hydrogen) atoms. The highest BCUT2D eigenvalue weighted by Gasteiger charge is 2.12. The molecule has 1 N–H and O–H groups in total. The second kappa shape index (κ2) is 6.95. The van der Waals surface area contributed by atoms with E-state index in [1.807, 2.05) is 0 Å². The molecule has 5 heteroatoms. The number of hydrogen-bond acceptors (Lipinski definition) is 2. The minimum Gasteiger partial charge on any atom is -0.376 e. The van der Waals surface area contributed by atoms with E-state index in [9.17, 15) is 0 Å². The van der Waals surface area contributed by atoms with Crippen LogP contribution in [0.3, 0.4) is 0 Å². The highest BCUT2D eigenvalue weighted by atomic mass is 35.5. The van der Waals surface area contributed by atoms with Gasteiger partial charge in [0.2, 0.25) is 0 Å². The van der Waals surface area contributed by atoms with Gasteiger partial charge in [-0.25, -0.2) is 0 Å². The normalized spacial score (nSPS) is 12.2. The summed E-state index contributed by atoms with van der Waals surface area (Å²) in [6.07, 6.45) is 2.06. The van der Waals surface area contributed by atoms with Gasteiger partial charge in [0.1, 0.15) is 0 Å². The predicted molar refractivity (Wildman–Crippen MR) is 91.7 cm³/mol. The summed E-state index contributed by atoms with van der Waals surface area (Å²) in [6, 6.07) is 11.9. The van der Waals surface area contributed by atoms with Crippen molar-refractivity contribution in [2.24, 2.45) is 0 Å². The van der Waals surface area contributed by atoms with Crippen LogP contribution in [0.25, 0.3) is 0 Å². The van der Waals surface area contributed by atoms with Crippen molar-refractivity contribution in [2.75, 3.05) is 11.6 Å². The maximum Gasteiger partial charge on any atom is 0.0724 e. The van der Waals surface area contributed by atoms with Crippen molar-refractivity contribution in [2.45, 2.75) is 17.9 Å². The molecule has 1 nitrogen and oxygen atoms in total. The third-order valence-corrected chi connectivity index (χ3v) is 4.54. The van der Waals surface area contributed by atoms with Gasteiger partial charge in [-0.1, -0.05) is 46.9 Å². The molecule has 0 saturated carbocycles. The fraction of sp³-hybridized carbons (Fsp3) is 0.200. The molecular weight excluding hydrogens is 333 g/mol. The first-order valence-electron chi connectivity index (χ1n) is 6.06. The zero-order valence-corrected chi connectivity index (χ0v) is 14.2. The van der Waals surface area contributed by atoms with E-state index < -0.39 is 0 Å². The molecule has 2 rings (SSSR count). The summed E-state index contributed by atoms with van der Waals surface area (Å²) in [5, 5.41) is 4.91. The lowest BCUT2D eigenvalue weighted by Crippen LogP contribution is -2.07. The van der Waals surface area contributed by atoms with Crippen molar-refractivity contribution in [3.05, 3.63) is 57.0 Å². The summed E-state index contributed by atoms with van der Waals surface area (Å²) in [5.74, 6) is 0. The molecule has 1 atom stereocenters. The topological polar surface area (TPSA) is 12.0 Å². The Balaban J connectivity index is 2.20. The molecule has 0 aromatic heterocycles. The van der Waals surface area contributed by atoms with Crippen LogP contribution in [0.1, 0.15) is 18.5 Å². The van der Waals surface area contributed by atoms with Crippen LogP contribution < -0.4 is 5.32 Å². The summed E-state index contributed by atoms with van der Waals surface area (Å²) < 4.78 is 0. The highest BCUT2D eigenvalue weighted by molar-refractivity contribution is 7.98. The van der Waals surface area contributed by atoms with E-state index in [0.717, 1.165) is 0 Å². The van der Waals surface area contributed by atoms with Crippen LogP contribution in [0.15, 0.2) is 41.3 Å². The first-order valence-corrected chi connectivity index (χ1v) is 8.42. The second-order valence-corrected chi connectivity index (χ2v) is 6.51. The molecule has 0 aliphatic rings. The minimum absolute atomic E-state index is 0.0991. The van der Waals surface area contributed by atoms with Crippen LogP contribution in [0, 0.1) is 0 Å². The lowest BCUT2D eigenvalue weighted by atomic mass is 10.1. The van der Waals surface area contributed by atoms with Crippen LogP contribution in [0.5, 0.6) is 0 Å². The van der Waals surface area contributed by atoms with Crippen LogP contribution in [-0.2, 0) is 0 Å². The van der Waals surface area contributed by atoms with Crippen molar-refractivity contribution in [1.29, 1.82) is 0 Å². The Kier molecular flexibility index (Phi) is 5.50. The molecule has 0 radical (unpaired) electrons. The predicted octanol–water partition coefficient (Wildman–Crippen LogP) is 6.54. The number of anilines is 1. The Morgan fingerprint density at radius 2 is 1.55 bits per heavy atom. The van der Waals surface area contributed by atoms with Gasteiger partial charge in [0.15, 0.2) is 0 Å². The van der Waals surface area contributed by atoms with E-state index in [1.54, 1.807) is 23.9 Å². The van der Waals surface area contributed by atoms with Gasteiger partial charge in [-0.2, -0.15) is 0 Å². The average Bonchev–Trinajstić information content (AvgIpc) is 2.42. The number of thioether (sulfide) groups is 1. The third kappa shape index (κ3) is 3.76. The number of benzene rings is 2. The monoisotopic (exact) mass is 345 g/mol. The van der Waals surface area contributed by atoms with E-state index in [0.29, 0.717) is 20.8 Å². The molecule has 2 aromatic carbocycles. The fourth-order valence-corrected chi connectivity index (χ4v) is 3.21. The van der Waals surface area contributed by atoms with Crippen molar-refractivity contribution >= 4 is 52.3 Å². The zero-order chi connectivity index (χ0) is 14.7. The fourth-order valence-electron chi connectivity index (χ4n) is 1.87. The smallest absolute Gasteiger partial charge is 0.0724 e. The van der Waals surface area contributed by atoms with E-state index in [2.05, 4.69) is 42.8 Å². The quantitative estimate of drug-likeness (QED) is 0.631. The lowest BCUT2D eigenvalue weighted by Gasteiger charge is -2.18. The maximum atomic E-state index is 6.18. The zero-order valence-electron chi connectivity index (χ0n) is 11.1. The lowest BCUT2D eigenvalue weighted by molar-refractivity contribution is 0.883. The van der Waals surface area contributed by atoms with E-state index in [1.165, 1.54) is 10.5 Å².